The lowest BCUT2D eigenvalue weighted by Crippen LogP contribution is -2.35. The van der Waals surface area contributed by atoms with Gasteiger partial charge in [0.2, 0.25) is 11.9 Å². The molecule has 0 aliphatic heterocycles. The van der Waals surface area contributed by atoms with E-state index in [1.165, 1.54) is 24.3 Å². The lowest BCUT2D eigenvalue weighted by atomic mass is 9.63. The van der Waals surface area contributed by atoms with Crippen LogP contribution in [0.25, 0.3) is 11.0 Å². The number of imidazole rings is 1. The molecule has 3 aromatic rings. The van der Waals surface area contributed by atoms with E-state index in [1.807, 2.05) is 13.0 Å². The molecule has 35 heavy (non-hydrogen) atoms. The van der Waals surface area contributed by atoms with Crippen molar-refractivity contribution in [3.63, 3.8) is 0 Å². The Labute approximate surface area is 202 Å². The molecule has 0 saturated heterocycles. The van der Waals surface area contributed by atoms with Crippen molar-refractivity contribution in [3.05, 3.63) is 47.5 Å². The number of benzene rings is 2. The van der Waals surface area contributed by atoms with Crippen molar-refractivity contribution >= 4 is 28.6 Å². The second-order valence-corrected chi connectivity index (χ2v) is 11.1. The molecule has 188 valence electrons. The van der Waals surface area contributed by atoms with Crippen LogP contribution in [-0.4, -0.2) is 21.8 Å². The van der Waals surface area contributed by atoms with Crippen LogP contribution < -0.4 is 15.8 Å². The molecular formula is C26H31F3N4O2. The Morgan fingerprint density at radius 1 is 1.11 bits per heavy atom. The number of aromatic nitrogens is 2. The number of alkyl halides is 3. The Kier molecular flexibility index (Phi) is 6.02. The van der Waals surface area contributed by atoms with E-state index in [0.717, 1.165) is 30.3 Å². The van der Waals surface area contributed by atoms with E-state index in [4.69, 9.17) is 10.7 Å². The molecule has 0 spiro atoms. The number of ether oxygens (including phenoxy) is 1. The molecule has 0 bridgehead atoms. The topological polar surface area (TPSA) is 82.2 Å². The normalized spacial score (nSPS) is 17.9. The number of aryl methyl sites for hydroxylation is 1. The van der Waals surface area contributed by atoms with Gasteiger partial charge in [0, 0.05) is 17.3 Å². The quantitative estimate of drug-likeness (QED) is 0.411. The van der Waals surface area contributed by atoms with Crippen molar-refractivity contribution in [2.24, 2.45) is 16.6 Å². The molecule has 1 heterocycles. The number of hydrogen-bond acceptors (Lipinski definition) is 4. The molecule has 1 aliphatic carbocycles. The highest BCUT2D eigenvalue weighted by molar-refractivity contribution is 5.98. The summed E-state index contributed by atoms with van der Waals surface area (Å²) in [5.41, 5.74) is 9.04. The van der Waals surface area contributed by atoms with Crippen molar-refractivity contribution < 1.29 is 22.7 Å². The molecule has 4 rings (SSSR count). The summed E-state index contributed by atoms with van der Waals surface area (Å²) in [6.45, 7) is 10.9. The molecule has 2 aromatic carbocycles. The fraction of sp³-hybridized carbons (Fsp3) is 0.462. The Morgan fingerprint density at radius 3 is 2.26 bits per heavy atom. The predicted octanol–water partition coefficient (Wildman–Crippen LogP) is 6.86. The van der Waals surface area contributed by atoms with E-state index in [2.05, 4.69) is 42.3 Å². The van der Waals surface area contributed by atoms with Crippen molar-refractivity contribution in [1.29, 1.82) is 0 Å². The predicted molar refractivity (Wildman–Crippen MR) is 130 cm³/mol. The summed E-state index contributed by atoms with van der Waals surface area (Å²) in [5.74, 6) is -0.258. The van der Waals surface area contributed by atoms with E-state index in [9.17, 15) is 18.0 Å². The van der Waals surface area contributed by atoms with Crippen LogP contribution in [0.2, 0.25) is 0 Å². The van der Waals surface area contributed by atoms with Gasteiger partial charge in [-0.2, -0.15) is 0 Å². The van der Waals surface area contributed by atoms with Gasteiger partial charge in [0.25, 0.3) is 0 Å². The first kappa shape index (κ1) is 24.9. The maximum absolute atomic E-state index is 12.5. The first-order valence-corrected chi connectivity index (χ1v) is 11.6. The molecule has 9 heteroatoms. The van der Waals surface area contributed by atoms with E-state index in [-0.39, 0.29) is 22.6 Å². The van der Waals surface area contributed by atoms with Crippen LogP contribution in [0.4, 0.5) is 24.8 Å². The van der Waals surface area contributed by atoms with Crippen LogP contribution in [-0.2, 0) is 0 Å². The molecular weight excluding hydrogens is 457 g/mol. The molecule has 1 amide bonds. The van der Waals surface area contributed by atoms with Crippen molar-refractivity contribution in [2.75, 3.05) is 5.32 Å². The SMILES string of the molecule is Cc1cc2c(cc1C(N)=O)nc(Nc1ccc(OC(F)(F)F)cc1)n2C1CC(C)(C)CC(C)(C)C1. The van der Waals surface area contributed by atoms with Crippen LogP contribution in [0.5, 0.6) is 5.75 Å². The number of rotatable bonds is 5. The average molecular weight is 489 g/mol. The summed E-state index contributed by atoms with van der Waals surface area (Å²) in [7, 11) is 0. The number of amides is 1. The number of primary amides is 1. The maximum Gasteiger partial charge on any atom is 0.573 e. The minimum atomic E-state index is -4.75. The van der Waals surface area contributed by atoms with Crippen LogP contribution in [0.1, 0.15) is 68.9 Å². The maximum atomic E-state index is 12.5. The number of fused-ring (bicyclic) bond motifs is 1. The highest BCUT2D eigenvalue weighted by Gasteiger charge is 2.40. The number of nitrogens with one attached hydrogen (secondary N) is 1. The van der Waals surface area contributed by atoms with Gasteiger partial charge < -0.3 is 20.4 Å². The van der Waals surface area contributed by atoms with E-state index >= 15 is 0 Å². The number of anilines is 2. The third-order valence-electron chi connectivity index (χ3n) is 6.54. The zero-order valence-electron chi connectivity index (χ0n) is 20.6. The fourth-order valence-electron chi connectivity index (χ4n) is 5.81. The zero-order valence-corrected chi connectivity index (χ0v) is 20.6. The average Bonchev–Trinajstić information content (AvgIpc) is 3.01. The van der Waals surface area contributed by atoms with Gasteiger partial charge in [0.1, 0.15) is 5.75 Å². The second kappa shape index (κ2) is 8.46. The van der Waals surface area contributed by atoms with Gasteiger partial charge in [-0.05, 0) is 79.0 Å². The molecule has 0 unspecified atom stereocenters. The Bertz CT molecular complexity index is 1240. The first-order chi connectivity index (χ1) is 16.1. The summed E-state index contributed by atoms with van der Waals surface area (Å²) < 4.78 is 43.7. The molecule has 1 aromatic heterocycles. The summed E-state index contributed by atoms with van der Waals surface area (Å²) >= 11 is 0. The lowest BCUT2D eigenvalue weighted by molar-refractivity contribution is -0.274. The van der Waals surface area contributed by atoms with Crippen molar-refractivity contribution in [2.45, 2.75) is 66.3 Å². The van der Waals surface area contributed by atoms with Gasteiger partial charge in [-0.1, -0.05) is 27.7 Å². The summed E-state index contributed by atoms with van der Waals surface area (Å²) in [6.07, 6.45) is -1.78. The Hall–Kier alpha value is -3.23. The number of carbonyl (C=O) groups is 1. The summed E-state index contributed by atoms with van der Waals surface area (Å²) in [4.78, 5) is 16.7. The van der Waals surface area contributed by atoms with Gasteiger partial charge in [-0.25, -0.2) is 4.98 Å². The van der Waals surface area contributed by atoms with Gasteiger partial charge in [-0.15, -0.1) is 13.2 Å². The molecule has 0 radical (unpaired) electrons. The second-order valence-electron chi connectivity index (χ2n) is 11.1. The third-order valence-corrected chi connectivity index (χ3v) is 6.54. The highest BCUT2D eigenvalue weighted by atomic mass is 19.4. The fourth-order valence-corrected chi connectivity index (χ4v) is 5.81. The van der Waals surface area contributed by atoms with Gasteiger partial charge in [0.15, 0.2) is 0 Å². The van der Waals surface area contributed by atoms with E-state index in [1.54, 1.807) is 6.07 Å². The van der Waals surface area contributed by atoms with E-state index < -0.39 is 12.3 Å². The van der Waals surface area contributed by atoms with Crippen molar-refractivity contribution in [3.8, 4) is 5.75 Å². The Balaban J connectivity index is 1.79. The van der Waals surface area contributed by atoms with Crippen LogP contribution in [0.15, 0.2) is 36.4 Å². The molecule has 1 aliphatic rings. The number of nitrogens with two attached hydrogens (primary N) is 1. The first-order valence-electron chi connectivity index (χ1n) is 11.6. The van der Waals surface area contributed by atoms with Gasteiger partial charge in [-0.3, -0.25) is 4.79 Å². The lowest BCUT2D eigenvalue weighted by Gasteiger charge is -2.45. The van der Waals surface area contributed by atoms with Gasteiger partial charge >= 0.3 is 6.36 Å². The minimum absolute atomic E-state index is 0.110. The molecule has 1 fully saturated rings. The number of nitrogens with zero attached hydrogens (tertiary/aromatic N) is 2. The number of hydrogen-bond donors (Lipinski definition) is 2. The van der Waals surface area contributed by atoms with Crippen LogP contribution >= 0.6 is 0 Å². The molecule has 1 saturated carbocycles. The minimum Gasteiger partial charge on any atom is -0.406 e. The highest BCUT2D eigenvalue weighted by Crippen LogP contribution is 2.51. The molecule has 3 N–H and O–H groups in total. The molecule has 0 atom stereocenters. The third kappa shape index (κ3) is 5.55. The monoisotopic (exact) mass is 488 g/mol. The standard InChI is InChI=1S/C26H31F3N4O2/c1-15-10-21-20(11-19(15)22(30)34)32-23(31-16-6-8-18(9-7-16)35-26(27,28)29)33(21)17-12-24(2,3)14-25(4,5)13-17/h6-11,17H,12-14H2,1-5H3,(H2,30,34)(H,31,32). The summed E-state index contributed by atoms with van der Waals surface area (Å²) in [5, 5.41) is 3.27. The molecule has 6 nitrogen and oxygen atoms in total. The van der Waals surface area contributed by atoms with Crippen molar-refractivity contribution in [1.82, 2.24) is 9.55 Å². The van der Waals surface area contributed by atoms with Crippen LogP contribution in [0.3, 0.4) is 0 Å². The van der Waals surface area contributed by atoms with Crippen LogP contribution in [0, 0.1) is 17.8 Å². The van der Waals surface area contributed by atoms with Gasteiger partial charge in [0.05, 0.1) is 11.0 Å². The number of halogens is 3. The largest absolute Gasteiger partial charge is 0.573 e. The Morgan fingerprint density at radius 2 is 1.71 bits per heavy atom. The van der Waals surface area contributed by atoms with E-state index in [0.29, 0.717) is 22.7 Å². The smallest absolute Gasteiger partial charge is 0.406 e. The summed E-state index contributed by atoms with van der Waals surface area (Å²) in [6, 6.07) is 9.30. The zero-order chi connectivity index (χ0) is 25.8. The number of carbonyl (C=O) groups excluding carboxylic acids is 1.